The molecule has 112 valence electrons. The van der Waals surface area contributed by atoms with Crippen molar-refractivity contribution in [3.8, 4) is 0 Å². The number of aromatic nitrogens is 2. The predicted octanol–water partition coefficient (Wildman–Crippen LogP) is 3.21. The van der Waals surface area contributed by atoms with Gasteiger partial charge in [-0.2, -0.15) is 0 Å². The van der Waals surface area contributed by atoms with Gasteiger partial charge in [-0.15, -0.1) is 10.2 Å². The summed E-state index contributed by atoms with van der Waals surface area (Å²) in [5.74, 6) is 0.331. The van der Waals surface area contributed by atoms with Gasteiger partial charge in [0.2, 0.25) is 11.0 Å². The van der Waals surface area contributed by atoms with Crippen LogP contribution in [0.25, 0.3) is 0 Å². The monoisotopic (exact) mass is 304 g/mol. The molecule has 2 aromatic rings. The second kappa shape index (κ2) is 7.17. The van der Waals surface area contributed by atoms with E-state index in [-0.39, 0.29) is 5.91 Å². The maximum atomic E-state index is 12.0. The van der Waals surface area contributed by atoms with Crippen molar-refractivity contribution in [2.24, 2.45) is 0 Å². The van der Waals surface area contributed by atoms with Crippen LogP contribution in [0, 0.1) is 0 Å². The zero-order chi connectivity index (χ0) is 15.2. The number of nitrogens with zero attached hydrogens (tertiary/aromatic N) is 2. The van der Waals surface area contributed by atoms with E-state index in [2.05, 4.69) is 29.4 Å². The minimum atomic E-state index is -0.0907. The van der Waals surface area contributed by atoms with Crippen LogP contribution in [-0.4, -0.2) is 16.1 Å². The number of carbonyl (C=O) groups is 1. The Bertz CT molecular complexity index is 590. The molecular formula is C15H20N4OS. The van der Waals surface area contributed by atoms with Crippen LogP contribution >= 0.6 is 11.3 Å². The molecule has 2 rings (SSSR count). The lowest BCUT2D eigenvalue weighted by atomic mass is 10.1. The summed E-state index contributed by atoms with van der Waals surface area (Å²) in [6.07, 6.45) is 2.37. The summed E-state index contributed by atoms with van der Waals surface area (Å²) in [6, 6.07) is 7.28. The van der Waals surface area contributed by atoms with Crippen LogP contribution in [0.3, 0.4) is 0 Å². The van der Waals surface area contributed by atoms with E-state index in [1.54, 1.807) is 12.1 Å². The number of nitrogens with one attached hydrogen (secondary N) is 1. The first-order chi connectivity index (χ1) is 10.1. The number of anilines is 2. The topological polar surface area (TPSA) is 80.9 Å². The number of benzene rings is 1. The van der Waals surface area contributed by atoms with E-state index in [0.717, 1.165) is 23.4 Å². The van der Waals surface area contributed by atoms with Crippen LogP contribution in [0.15, 0.2) is 24.3 Å². The van der Waals surface area contributed by atoms with Gasteiger partial charge >= 0.3 is 0 Å². The number of hydrogen-bond acceptors (Lipinski definition) is 5. The largest absolute Gasteiger partial charge is 0.399 e. The van der Waals surface area contributed by atoms with Gasteiger partial charge in [-0.25, -0.2) is 0 Å². The van der Waals surface area contributed by atoms with Gasteiger partial charge in [0.25, 0.3) is 0 Å². The van der Waals surface area contributed by atoms with Gasteiger partial charge in [0, 0.05) is 11.6 Å². The fourth-order valence-electron chi connectivity index (χ4n) is 2.07. The number of rotatable bonds is 6. The quantitative estimate of drug-likeness (QED) is 0.803. The van der Waals surface area contributed by atoms with Crippen LogP contribution in [0.5, 0.6) is 0 Å². The van der Waals surface area contributed by atoms with Crippen molar-refractivity contribution in [3.05, 3.63) is 34.8 Å². The predicted molar refractivity (Wildman–Crippen MR) is 86.4 cm³/mol. The third-order valence-electron chi connectivity index (χ3n) is 3.37. The van der Waals surface area contributed by atoms with E-state index >= 15 is 0 Å². The molecule has 1 amide bonds. The molecule has 0 aliphatic rings. The van der Waals surface area contributed by atoms with Gasteiger partial charge < -0.3 is 11.1 Å². The molecule has 0 aliphatic heterocycles. The minimum absolute atomic E-state index is 0.0907. The van der Waals surface area contributed by atoms with Crippen LogP contribution in [0.2, 0.25) is 0 Å². The minimum Gasteiger partial charge on any atom is -0.399 e. The first-order valence-corrected chi connectivity index (χ1v) is 7.91. The second-order valence-corrected chi connectivity index (χ2v) is 5.93. The molecule has 21 heavy (non-hydrogen) atoms. The SMILES string of the molecule is CCC(CC)c1nnc(NC(=O)Cc2ccc(N)cc2)s1. The first-order valence-electron chi connectivity index (χ1n) is 7.10. The Morgan fingerprint density at radius 2 is 1.90 bits per heavy atom. The lowest BCUT2D eigenvalue weighted by molar-refractivity contribution is -0.115. The molecule has 0 saturated carbocycles. The average Bonchev–Trinajstić information content (AvgIpc) is 2.91. The van der Waals surface area contributed by atoms with Crippen molar-refractivity contribution >= 4 is 28.1 Å². The smallest absolute Gasteiger partial charge is 0.230 e. The van der Waals surface area contributed by atoms with Crippen molar-refractivity contribution < 1.29 is 4.79 Å². The molecule has 3 N–H and O–H groups in total. The molecule has 1 aromatic carbocycles. The van der Waals surface area contributed by atoms with E-state index < -0.39 is 0 Å². The Morgan fingerprint density at radius 3 is 2.52 bits per heavy atom. The van der Waals surface area contributed by atoms with E-state index in [4.69, 9.17) is 5.73 Å². The lowest BCUT2D eigenvalue weighted by Gasteiger charge is -2.05. The standard InChI is InChI=1S/C15H20N4OS/c1-3-11(4-2)14-18-19-15(21-14)17-13(20)9-10-5-7-12(16)8-6-10/h5-8,11H,3-4,9,16H2,1-2H3,(H,17,19,20). The van der Waals surface area contributed by atoms with E-state index in [1.807, 2.05) is 12.1 Å². The van der Waals surface area contributed by atoms with Gasteiger partial charge in [0.05, 0.1) is 6.42 Å². The Hall–Kier alpha value is -1.95. The molecule has 0 fully saturated rings. The lowest BCUT2D eigenvalue weighted by Crippen LogP contribution is -2.14. The Balaban J connectivity index is 1.95. The molecule has 0 unspecified atom stereocenters. The van der Waals surface area contributed by atoms with Gasteiger partial charge in [0.1, 0.15) is 5.01 Å². The molecule has 1 heterocycles. The summed E-state index contributed by atoms with van der Waals surface area (Å²) >= 11 is 1.46. The van der Waals surface area contributed by atoms with Crippen molar-refractivity contribution in [3.63, 3.8) is 0 Å². The van der Waals surface area contributed by atoms with Crippen molar-refractivity contribution in [1.29, 1.82) is 0 Å². The first kappa shape index (κ1) is 15.4. The van der Waals surface area contributed by atoms with Crippen molar-refractivity contribution in [2.75, 3.05) is 11.1 Å². The fraction of sp³-hybridized carbons (Fsp3) is 0.400. The van der Waals surface area contributed by atoms with E-state index in [9.17, 15) is 4.79 Å². The van der Waals surface area contributed by atoms with Crippen molar-refractivity contribution in [2.45, 2.75) is 39.0 Å². The van der Waals surface area contributed by atoms with Crippen LogP contribution in [-0.2, 0) is 11.2 Å². The molecule has 0 saturated heterocycles. The fourth-order valence-corrected chi connectivity index (χ4v) is 3.10. The van der Waals surface area contributed by atoms with E-state index in [0.29, 0.717) is 23.2 Å². The molecule has 1 aromatic heterocycles. The number of amides is 1. The zero-order valence-corrected chi connectivity index (χ0v) is 13.1. The highest BCUT2D eigenvalue weighted by Gasteiger charge is 2.14. The number of nitrogens with two attached hydrogens (primary N) is 1. The third-order valence-corrected chi connectivity index (χ3v) is 4.37. The summed E-state index contributed by atoms with van der Waals surface area (Å²) in [6.45, 7) is 4.27. The number of nitrogen functional groups attached to an aromatic ring is 1. The van der Waals surface area contributed by atoms with Crippen LogP contribution < -0.4 is 11.1 Å². The van der Waals surface area contributed by atoms with Gasteiger partial charge in [-0.3, -0.25) is 4.79 Å². The summed E-state index contributed by atoms with van der Waals surface area (Å²) in [7, 11) is 0. The Kier molecular flexibility index (Phi) is 5.27. The second-order valence-electron chi connectivity index (χ2n) is 4.93. The van der Waals surface area contributed by atoms with Gasteiger partial charge in [-0.05, 0) is 30.5 Å². The van der Waals surface area contributed by atoms with Crippen LogP contribution in [0.4, 0.5) is 10.8 Å². The zero-order valence-electron chi connectivity index (χ0n) is 12.3. The Morgan fingerprint density at radius 1 is 1.24 bits per heavy atom. The molecule has 0 atom stereocenters. The van der Waals surface area contributed by atoms with E-state index in [1.165, 1.54) is 11.3 Å². The molecule has 0 bridgehead atoms. The van der Waals surface area contributed by atoms with Crippen LogP contribution in [0.1, 0.15) is 43.2 Å². The maximum Gasteiger partial charge on any atom is 0.230 e. The summed E-state index contributed by atoms with van der Waals surface area (Å²) in [5.41, 5.74) is 7.24. The van der Waals surface area contributed by atoms with Crippen molar-refractivity contribution in [1.82, 2.24) is 10.2 Å². The number of carbonyl (C=O) groups excluding carboxylic acids is 1. The molecular weight excluding hydrogens is 284 g/mol. The molecule has 5 nitrogen and oxygen atoms in total. The normalized spacial score (nSPS) is 10.8. The molecule has 0 spiro atoms. The van der Waals surface area contributed by atoms with Gasteiger partial charge in [0.15, 0.2) is 0 Å². The maximum absolute atomic E-state index is 12.0. The number of hydrogen-bond donors (Lipinski definition) is 2. The Labute approximate surface area is 128 Å². The summed E-state index contributed by atoms with van der Waals surface area (Å²) in [5, 5.41) is 12.6. The average molecular weight is 304 g/mol. The molecule has 6 heteroatoms. The van der Waals surface area contributed by atoms with Gasteiger partial charge in [-0.1, -0.05) is 37.3 Å². The highest BCUT2D eigenvalue weighted by molar-refractivity contribution is 7.15. The summed E-state index contributed by atoms with van der Waals surface area (Å²) < 4.78 is 0. The summed E-state index contributed by atoms with van der Waals surface area (Å²) in [4.78, 5) is 12.0. The molecule has 0 radical (unpaired) electrons. The third kappa shape index (κ3) is 4.26. The highest BCUT2D eigenvalue weighted by Crippen LogP contribution is 2.28. The highest BCUT2D eigenvalue weighted by atomic mass is 32.1. The molecule has 0 aliphatic carbocycles.